The van der Waals surface area contributed by atoms with Gasteiger partial charge in [0.1, 0.15) is 0 Å². The Bertz CT molecular complexity index is 827. The summed E-state index contributed by atoms with van der Waals surface area (Å²) in [5.74, 6) is -0.451. The summed E-state index contributed by atoms with van der Waals surface area (Å²) in [6.45, 7) is 2.02. The van der Waals surface area contributed by atoms with Crippen LogP contribution in [0.5, 0.6) is 0 Å². The number of pyridine rings is 1. The molecule has 104 valence electrons. The molecule has 21 heavy (non-hydrogen) atoms. The second-order valence-corrected chi connectivity index (χ2v) is 4.86. The van der Waals surface area contributed by atoms with E-state index >= 15 is 0 Å². The lowest BCUT2D eigenvalue weighted by Gasteiger charge is -2.12. The fourth-order valence-corrected chi connectivity index (χ4v) is 2.38. The van der Waals surface area contributed by atoms with E-state index in [1.165, 1.54) is 0 Å². The largest absolute Gasteiger partial charge is 0.366 e. The van der Waals surface area contributed by atoms with Crippen molar-refractivity contribution in [2.24, 2.45) is 5.73 Å². The summed E-state index contributed by atoms with van der Waals surface area (Å²) in [6, 6.07) is 15.1. The van der Waals surface area contributed by atoms with Crippen LogP contribution in [-0.4, -0.2) is 10.9 Å². The number of benzene rings is 2. The lowest BCUT2D eigenvalue weighted by molar-refractivity contribution is 0.100. The summed E-state index contributed by atoms with van der Waals surface area (Å²) < 4.78 is 0. The fourth-order valence-electron chi connectivity index (χ4n) is 2.38. The molecule has 0 unspecified atom stereocenters. The van der Waals surface area contributed by atoms with Gasteiger partial charge in [0, 0.05) is 17.3 Å². The maximum atomic E-state index is 11.5. The molecule has 0 spiro atoms. The number of nitrogens with two attached hydrogens (primary N) is 1. The highest BCUT2D eigenvalue weighted by Gasteiger charge is 2.09. The molecule has 1 aromatic heterocycles. The van der Waals surface area contributed by atoms with Crippen LogP contribution in [0.15, 0.2) is 54.7 Å². The predicted molar refractivity (Wildman–Crippen MR) is 84.7 cm³/mol. The van der Waals surface area contributed by atoms with Crippen LogP contribution in [-0.2, 0) is 0 Å². The van der Waals surface area contributed by atoms with Gasteiger partial charge in [-0.1, -0.05) is 30.3 Å². The second kappa shape index (κ2) is 5.25. The number of hydrogen-bond donors (Lipinski definition) is 2. The molecule has 3 rings (SSSR count). The minimum absolute atomic E-state index is 0.451. The molecule has 4 heteroatoms. The van der Waals surface area contributed by atoms with Crippen molar-refractivity contribution in [3.63, 3.8) is 0 Å². The number of para-hydroxylation sites is 2. The van der Waals surface area contributed by atoms with Gasteiger partial charge >= 0.3 is 0 Å². The molecule has 1 amide bonds. The Morgan fingerprint density at radius 1 is 1.05 bits per heavy atom. The van der Waals surface area contributed by atoms with E-state index in [1.54, 1.807) is 18.3 Å². The lowest BCUT2D eigenvalue weighted by Crippen LogP contribution is -2.13. The van der Waals surface area contributed by atoms with Crippen molar-refractivity contribution >= 4 is 28.2 Å². The molecule has 1 heterocycles. The first-order chi connectivity index (χ1) is 10.2. The summed E-state index contributed by atoms with van der Waals surface area (Å²) in [6.07, 6.45) is 1.75. The Labute approximate surface area is 122 Å². The fraction of sp³-hybridized carbons (Fsp3) is 0.0588. The van der Waals surface area contributed by atoms with Gasteiger partial charge < -0.3 is 11.1 Å². The normalized spacial score (nSPS) is 10.5. The monoisotopic (exact) mass is 277 g/mol. The highest BCUT2D eigenvalue weighted by Crippen LogP contribution is 2.28. The van der Waals surface area contributed by atoms with Gasteiger partial charge in [0.2, 0.25) is 0 Å². The Kier molecular flexibility index (Phi) is 3.28. The third-order valence-electron chi connectivity index (χ3n) is 3.43. The molecule has 0 aliphatic heterocycles. The van der Waals surface area contributed by atoms with Gasteiger partial charge in [-0.15, -0.1) is 0 Å². The average Bonchev–Trinajstić information content (AvgIpc) is 2.49. The molecule has 3 aromatic rings. The third-order valence-corrected chi connectivity index (χ3v) is 3.43. The molecule has 0 radical (unpaired) electrons. The quantitative estimate of drug-likeness (QED) is 0.771. The number of nitrogens with one attached hydrogen (secondary N) is 1. The molecular weight excluding hydrogens is 262 g/mol. The van der Waals surface area contributed by atoms with Crippen molar-refractivity contribution in [2.75, 3.05) is 5.32 Å². The number of hydrogen-bond acceptors (Lipinski definition) is 3. The number of aromatic nitrogens is 1. The molecule has 2 aromatic carbocycles. The summed E-state index contributed by atoms with van der Waals surface area (Å²) in [4.78, 5) is 15.9. The van der Waals surface area contributed by atoms with Gasteiger partial charge in [-0.3, -0.25) is 9.78 Å². The highest BCUT2D eigenvalue weighted by molar-refractivity contribution is 6.01. The number of nitrogens with zero attached hydrogens (tertiary/aromatic N) is 1. The van der Waals surface area contributed by atoms with Crippen molar-refractivity contribution in [2.45, 2.75) is 6.92 Å². The SMILES string of the molecule is Cc1cccc2c(Nc3ccccc3C(N)=O)ccnc12. The van der Waals surface area contributed by atoms with Gasteiger partial charge in [-0.05, 0) is 30.7 Å². The number of rotatable bonds is 3. The zero-order chi connectivity index (χ0) is 14.8. The van der Waals surface area contributed by atoms with E-state index < -0.39 is 5.91 Å². The molecule has 0 saturated heterocycles. The van der Waals surface area contributed by atoms with Crippen molar-refractivity contribution in [1.29, 1.82) is 0 Å². The van der Waals surface area contributed by atoms with Crippen LogP contribution in [0.1, 0.15) is 15.9 Å². The van der Waals surface area contributed by atoms with Crippen LogP contribution in [0.25, 0.3) is 10.9 Å². The number of fused-ring (bicyclic) bond motifs is 1. The molecule has 3 N–H and O–H groups in total. The molecule has 4 nitrogen and oxygen atoms in total. The summed E-state index contributed by atoms with van der Waals surface area (Å²) in [5.41, 5.74) is 9.53. The minimum Gasteiger partial charge on any atom is -0.366 e. The standard InChI is InChI=1S/C17H15N3O/c1-11-5-4-7-12-15(9-10-19-16(11)12)20-14-8-3-2-6-13(14)17(18)21/h2-10H,1H3,(H2,18,21)(H,19,20). The van der Waals surface area contributed by atoms with E-state index in [-0.39, 0.29) is 0 Å². The Balaban J connectivity index is 2.11. The first-order valence-electron chi connectivity index (χ1n) is 6.67. The number of primary amides is 1. The summed E-state index contributed by atoms with van der Waals surface area (Å²) >= 11 is 0. The van der Waals surface area contributed by atoms with Gasteiger partial charge in [-0.2, -0.15) is 0 Å². The molecular formula is C17H15N3O. The summed E-state index contributed by atoms with van der Waals surface area (Å²) in [5, 5.41) is 4.29. The lowest BCUT2D eigenvalue weighted by atomic mass is 10.1. The van der Waals surface area contributed by atoms with Crippen molar-refractivity contribution in [3.8, 4) is 0 Å². The van der Waals surface area contributed by atoms with Crippen LogP contribution >= 0.6 is 0 Å². The zero-order valence-electron chi connectivity index (χ0n) is 11.6. The number of carbonyl (C=O) groups excluding carboxylic acids is 1. The number of anilines is 2. The smallest absolute Gasteiger partial charge is 0.250 e. The van der Waals surface area contributed by atoms with Crippen LogP contribution < -0.4 is 11.1 Å². The molecule has 0 atom stereocenters. The molecule has 0 aliphatic carbocycles. The van der Waals surface area contributed by atoms with Gasteiger partial charge in [-0.25, -0.2) is 0 Å². The average molecular weight is 277 g/mol. The van der Waals surface area contributed by atoms with Crippen molar-refractivity contribution in [1.82, 2.24) is 4.98 Å². The van der Waals surface area contributed by atoms with Crippen LogP contribution in [0.3, 0.4) is 0 Å². The maximum Gasteiger partial charge on any atom is 0.250 e. The molecule has 0 bridgehead atoms. The second-order valence-electron chi connectivity index (χ2n) is 4.86. The third kappa shape index (κ3) is 2.43. The van der Waals surface area contributed by atoms with Gasteiger partial charge in [0.15, 0.2) is 0 Å². The highest BCUT2D eigenvalue weighted by atomic mass is 16.1. The zero-order valence-corrected chi connectivity index (χ0v) is 11.6. The Morgan fingerprint density at radius 3 is 2.67 bits per heavy atom. The number of amides is 1. The van der Waals surface area contributed by atoms with E-state index in [0.717, 1.165) is 22.2 Å². The first kappa shape index (κ1) is 13.1. The predicted octanol–water partition coefficient (Wildman–Crippen LogP) is 3.39. The van der Waals surface area contributed by atoms with E-state index in [2.05, 4.69) is 10.3 Å². The molecule has 0 fully saturated rings. The molecule has 0 aliphatic rings. The maximum absolute atomic E-state index is 11.5. The Morgan fingerprint density at radius 2 is 1.86 bits per heavy atom. The van der Waals surface area contributed by atoms with E-state index in [0.29, 0.717) is 11.3 Å². The van der Waals surface area contributed by atoms with Crippen LogP contribution in [0.4, 0.5) is 11.4 Å². The first-order valence-corrected chi connectivity index (χ1v) is 6.67. The van der Waals surface area contributed by atoms with E-state index in [9.17, 15) is 4.79 Å². The van der Waals surface area contributed by atoms with Crippen LogP contribution in [0.2, 0.25) is 0 Å². The van der Waals surface area contributed by atoms with Crippen molar-refractivity contribution < 1.29 is 4.79 Å². The number of carbonyl (C=O) groups is 1. The topological polar surface area (TPSA) is 68.0 Å². The van der Waals surface area contributed by atoms with Crippen LogP contribution in [0, 0.1) is 6.92 Å². The summed E-state index contributed by atoms with van der Waals surface area (Å²) in [7, 11) is 0. The molecule has 0 saturated carbocycles. The van der Waals surface area contributed by atoms with Gasteiger partial charge in [0.25, 0.3) is 5.91 Å². The van der Waals surface area contributed by atoms with Crippen molar-refractivity contribution in [3.05, 3.63) is 65.9 Å². The Hall–Kier alpha value is -2.88. The van der Waals surface area contributed by atoms with E-state index in [1.807, 2.05) is 43.3 Å². The number of aryl methyl sites for hydroxylation is 1. The minimum atomic E-state index is -0.451. The van der Waals surface area contributed by atoms with Gasteiger partial charge in [0.05, 0.1) is 16.8 Å². The van der Waals surface area contributed by atoms with E-state index in [4.69, 9.17) is 5.73 Å².